The number of aliphatic carboxylic acids is 2. The van der Waals surface area contributed by atoms with Crippen LogP contribution in [0.1, 0.15) is 12.0 Å². The number of aryl methyl sites for hydroxylation is 1. The van der Waals surface area contributed by atoms with Gasteiger partial charge in [-0.25, -0.2) is 0 Å². The van der Waals surface area contributed by atoms with E-state index in [4.69, 9.17) is 9.47 Å². The van der Waals surface area contributed by atoms with Crippen molar-refractivity contribution in [3.8, 4) is 11.5 Å². The van der Waals surface area contributed by atoms with Crippen molar-refractivity contribution >= 4 is 11.9 Å². The monoisotopic (exact) mass is 335 g/mol. The van der Waals surface area contributed by atoms with E-state index in [2.05, 4.69) is 0 Å². The second-order valence-electron chi connectivity index (χ2n) is 6.66. The Morgan fingerprint density at radius 2 is 1.79 bits per heavy atom. The predicted molar refractivity (Wildman–Crippen MR) is 84.4 cm³/mol. The number of ether oxygens (including phenoxy) is 2. The molecule has 2 atom stereocenters. The maximum absolute atomic E-state index is 11.5. The average molecular weight is 335 g/mol. The largest absolute Gasteiger partial charge is 0.493 e. The zero-order chi connectivity index (χ0) is 17.5. The molecule has 0 unspecified atom stereocenters. The van der Waals surface area contributed by atoms with Gasteiger partial charge in [-0.05, 0) is 31.0 Å². The first-order valence-corrected chi connectivity index (χ1v) is 7.81. The standard InChI is InChI=1S/C17H21NO6/c1-11-3-4-12(13(7-11)23-2)24-6-5-18-9-16(14(19)20)8-17(16,10-18)15(21)22/h3-4,7H,5-6,8-10H2,1-2H3,(H,19,20)(H,21,22)/t16-,17+. The number of rotatable bonds is 7. The zero-order valence-corrected chi connectivity index (χ0v) is 13.7. The number of benzene rings is 1. The lowest BCUT2D eigenvalue weighted by Gasteiger charge is -2.20. The van der Waals surface area contributed by atoms with Crippen LogP contribution in [0.5, 0.6) is 11.5 Å². The molecule has 2 aliphatic rings. The summed E-state index contributed by atoms with van der Waals surface area (Å²) in [6.45, 7) is 3.28. The molecule has 1 aliphatic carbocycles. The van der Waals surface area contributed by atoms with E-state index in [9.17, 15) is 19.8 Å². The fraction of sp³-hybridized carbons (Fsp3) is 0.529. The van der Waals surface area contributed by atoms with Gasteiger partial charge in [0, 0.05) is 19.6 Å². The first-order chi connectivity index (χ1) is 11.3. The summed E-state index contributed by atoms with van der Waals surface area (Å²) >= 11 is 0. The van der Waals surface area contributed by atoms with E-state index in [-0.39, 0.29) is 19.5 Å². The molecule has 7 heteroatoms. The molecule has 2 N–H and O–H groups in total. The fourth-order valence-electron chi connectivity index (χ4n) is 3.74. The van der Waals surface area contributed by atoms with E-state index < -0.39 is 22.8 Å². The number of carboxylic acid groups (broad SMARTS) is 2. The summed E-state index contributed by atoms with van der Waals surface area (Å²) in [5, 5.41) is 18.8. The van der Waals surface area contributed by atoms with Gasteiger partial charge in [0.1, 0.15) is 6.61 Å². The number of methoxy groups -OCH3 is 1. The van der Waals surface area contributed by atoms with Crippen LogP contribution in [0.15, 0.2) is 18.2 Å². The summed E-state index contributed by atoms with van der Waals surface area (Å²) in [6, 6.07) is 5.62. The molecule has 7 nitrogen and oxygen atoms in total. The minimum absolute atomic E-state index is 0.216. The van der Waals surface area contributed by atoms with Crippen molar-refractivity contribution in [3.63, 3.8) is 0 Å². The van der Waals surface area contributed by atoms with Crippen LogP contribution in [0.3, 0.4) is 0 Å². The molecule has 0 radical (unpaired) electrons. The lowest BCUT2D eigenvalue weighted by Crippen LogP contribution is -2.32. The molecule has 0 aromatic heterocycles. The van der Waals surface area contributed by atoms with Gasteiger partial charge in [-0.3, -0.25) is 14.5 Å². The third-order valence-corrected chi connectivity index (χ3v) is 5.18. The number of hydrogen-bond donors (Lipinski definition) is 2. The Hall–Kier alpha value is -2.28. The maximum Gasteiger partial charge on any atom is 0.312 e. The van der Waals surface area contributed by atoms with Gasteiger partial charge in [-0.2, -0.15) is 0 Å². The van der Waals surface area contributed by atoms with Gasteiger partial charge in [-0.15, -0.1) is 0 Å². The van der Waals surface area contributed by atoms with Gasteiger partial charge < -0.3 is 19.7 Å². The number of piperidine rings is 1. The second kappa shape index (κ2) is 5.66. The summed E-state index contributed by atoms with van der Waals surface area (Å²) in [4.78, 5) is 24.8. The molecule has 0 amide bonds. The van der Waals surface area contributed by atoms with E-state index >= 15 is 0 Å². The number of carbonyl (C=O) groups is 2. The third kappa shape index (κ3) is 2.39. The Balaban J connectivity index is 1.60. The van der Waals surface area contributed by atoms with Gasteiger partial charge in [0.25, 0.3) is 0 Å². The van der Waals surface area contributed by atoms with E-state index in [0.29, 0.717) is 24.7 Å². The van der Waals surface area contributed by atoms with Gasteiger partial charge in [0.15, 0.2) is 11.5 Å². The highest BCUT2D eigenvalue weighted by molar-refractivity contribution is 5.94. The van der Waals surface area contributed by atoms with Crippen LogP contribution in [-0.2, 0) is 9.59 Å². The van der Waals surface area contributed by atoms with Crippen LogP contribution >= 0.6 is 0 Å². The molecule has 0 spiro atoms. The van der Waals surface area contributed by atoms with Gasteiger partial charge in [0.05, 0.1) is 17.9 Å². The van der Waals surface area contributed by atoms with Crippen LogP contribution in [0, 0.1) is 17.8 Å². The molecule has 1 saturated carbocycles. The Bertz CT molecular complexity index is 662. The lowest BCUT2D eigenvalue weighted by atomic mass is 9.97. The molecule has 1 aromatic rings. The average Bonchev–Trinajstić information content (AvgIpc) is 3.08. The molecule has 1 aromatic carbocycles. The quantitative estimate of drug-likeness (QED) is 0.774. The molecule has 24 heavy (non-hydrogen) atoms. The normalized spacial score (nSPS) is 28.2. The molecule has 2 fully saturated rings. The smallest absolute Gasteiger partial charge is 0.312 e. The first-order valence-electron chi connectivity index (χ1n) is 7.81. The summed E-state index contributed by atoms with van der Waals surface area (Å²) < 4.78 is 11.0. The number of hydrogen-bond acceptors (Lipinski definition) is 5. The van der Waals surface area contributed by atoms with Gasteiger partial charge >= 0.3 is 11.9 Å². The Labute approximate surface area is 139 Å². The van der Waals surface area contributed by atoms with E-state index in [1.54, 1.807) is 7.11 Å². The van der Waals surface area contributed by atoms with Gasteiger partial charge in [0.2, 0.25) is 0 Å². The summed E-state index contributed by atoms with van der Waals surface area (Å²) in [6.07, 6.45) is 0.216. The van der Waals surface area contributed by atoms with E-state index in [1.807, 2.05) is 30.0 Å². The Morgan fingerprint density at radius 3 is 2.33 bits per heavy atom. The van der Waals surface area contributed by atoms with E-state index in [0.717, 1.165) is 5.56 Å². The van der Waals surface area contributed by atoms with Crippen LogP contribution in [-0.4, -0.2) is 60.4 Å². The SMILES string of the molecule is COc1cc(C)ccc1OCCN1C[C@@]2(C(=O)O)C[C@@]2(C(=O)O)C1. The summed E-state index contributed by atoms with van der Waals surface area (Å²) in [5.74, 6) is -0.779. The highest BCUT2D eigenvalue weighted by atomic mass is 16.5. The van der Waals surface area contributed by atoms with Crippen molar-refractivity contribution in [2.75, 3.05) is 33.4 Å². The highest BCUT2D eigenvalue weighted by Gasteiger charge is 2.80. The predicted octanol–water partition coefficient (Wildman–Crippen LogP) is 1.24. The highest BCUT2D eigenvalue weighted by Crippen LogP contribution is 2.68. The lowest BCUT2D eigenvalue weighted by molar-refractivity contribution is -0.151. The topological polar surface area (TPSA) is 96.3 Å². The van der Waals surface area contributed by atoms with Gasteiger partial charge in [-0.1, -0.05) is 6.07 Å². The van der Waals surface area contributed by atoms with Crippen molar-refractivity contribution < 1.29 is 29.3 Å². The van der Waals surface area contributed by atoms with Crippen molar-refractivity contribution in [3.05, 3.63) is 23.8 Å². The molecule has 130 valence electrons. The number of fused-ring (bicyclic) bond motifs is 1. The zero-order valence-electron chi connectivity index (χ0n) is 13.7. The van der Waals surface area contributed by atoms with Crippen molar-refractivity contribution in [2.45, 2.75) is 13.3 Å². The Kier molecular flexibility index (Phi) is 3.91. The Morgan fingerprint density at radius 1 is 1.17 bits per heavy atom. The minimum Gasteiger partial charge on any atom is -0.493 e. The van der Waals surface area contributed by atoms with Crippen LogP contribution in [0.25, 0.3) is 0 Å². The number of likely N-dealkylation sites (tertiary alicyclic amines) is 1. The van der Waals surface area contributed by atoms with Crippen LogP contribution in [0.2, 0.25) is 0 Å². The summed E-state index contributed by atoms with van der Waals surface area (Å²) in [7, 11) is 1.57. The van der Waals surface area contributed by atoms with Crippen molar-refractivity contribution in [1.82, 2.24) is 4.90 Å². The first kappa shape index (κ1) is 16.6. The molecule has 1 aliphatic heterocycles. The minimum atomic E-state index is -1.14. The fourth-order valence-corrected chi connectivity index (χ4v) is 3.74. The molecule has 1 heterocycles. The van der Waals surface area contributed by atoms with Crippen molar-refractivity contribution in [1.29, 1.82) is 0 Å². The second-order valence-corrected chi connectivity index (χ2v) is 6.66. The summed E-state index contributed by atoms with van der Waals surface area (Å²) in [5.41, 5.74) is -1.22. The van der Waals surface area contributed by atoms with Crippen molar-refractivity contribution in [2.24, 2.45) is 10.8 Å². The third-order valence-electron chi connectivity index (χ3n) is 5.18. The van der Waals surface area contributed by atoms with E-state index in [1.165, 1.54) is 0 Å². The van der Waals surface area contributed by atoms with Crippen LogP contribution < -0.4 is 9.47 Å². The molecule has 1 saturated heterocycles. The number of carboxylic acids is 2. The molecular formula is C17H21NO6. The van der Waals surface area contributed by atoms with Crippen LogP contribution in [0.4, 0.5) is 0 Å². The maximum atomic E-state index is 11.5. The molecular weight excluding hydrogens is 314 g/mol. The molecule has 0 bridgehead atoms. The molecule has 3 rings (SSSR count). The number of nitrogens with zero attached hydrogens (tertiary/aromatic N) is 1.